The number of carbonyl (C=O) groups excluding carboxylic acids is 1. The Morgan fingerprint density at radius 3 is 2.59 bits per heavy atom. The highest BCUT2D eigenvalue weighted by molar-refractivity contribution is 7.22. The van der Waals surface area contributed by atoms with E-state index >= 15 is 0 Å². The summed E-state index contributed by atoms with van der Waals surface area (Å²) in [6.07, 6.45) is 5.43. The fraction of sp³-hybridized carbons (Fsp3) is 0.294. The van der Waals surface area contributed by atoms with Gasteiger partial charge in [0.05, 0.1) is 10.2 Å². The highest BCUT2D eigenvalue weighted by Gasteiger charge is 2.26. The molecular formula is C34H35N5O3S2. The van der Waals surface area contributed by atoms with Gasteiger partial charge >= 0.3 is 5.97 Å². The van der Waals surface area contributed by atoms with Crippen molar-refractivity contribution in [2.45, 2.75) is 45.1 Å². The Morgan fingerprint density at radius 2 is 1.77 bits per heavy atom. The van der Waals surface area contributed by atoms with Crippen LogP contribution < -0.4 is 15.1 Å². The molecule has 0 saturated carbocycles. The summed E-state index contributed by atoms with van der Waals surface area (Å²) in [5.74, 6) is -1.18. The average Bonchev–Trinajstić information content (AvgIpc) is 3.64. The first-order valence-corrected chi connectivity index (χ1v) is 16.5. The zero-order valence-electron chi connectivity index (χ0n) is 24.9. The minimum atomic E-state index is -0.990. The second kappa shape index (κ2) is 13.2. The maximum atomic E-state index is 13.4. The fourth-order valence-electron chi connectivity index (χ4n) is 5.64. The summed E-state index contributed by atoms with van der Waals surface area (Å²) < 4.78 is 1.02. The number of anilines is 3. The van der Waals surface area contributed by atoms with Crippen molar-refractivity contribution in [1.82, 2.24) is 9.97 Å². The van der Waals surface area contributed by atoms with E-state index in [9.17, 15) is 14.7 Å². The molecule has 1 amide bonds. The molecule has 10 heteroatoms. The number of benzene rings is 3. The van der Waals surface area contributed by atoms with Crippen LogP contribution in [0.5, 0.6) is 0 Å². The summed E-state index contributed by atoms with van der Waals surface area (Å²) in [6, 6.07) is 22.2. The Labute approximate surface area is 265 Å². The molecule has 44 heavy (non-hydrogen) atoms. The fourth-order valence-corrected chi connectivity index (χ4v) is 7.62. The molecule has 226 valence electrons. The van der Waals surface area contributed by atoms with Crippen LogP contribution in [0.4, 0.5) is 16.0 Å². The molecule has 0 spiro atoms. The molecule has 0 saturated heterocycles. The highest BCUT2D eigenvalue weighted by Crippen LogP contribution is 2.33. The van der Waals surface area contributed by atoms with E-state index in [-0.39, 0.29) is 11.6 Å². The number of unbranched alkanes of at least 4 members (excludes halogenated alkanes) is 2. The van der Waals surface area contributed by atoms with Gasteiger partial charge in [0.2, 0.25) is 0 Å². The maximum Gasteiger partial charge on any atom is 0.355 e. The number of aromatic nitrogens is 2. The Balaban J connectivity index is 1.11. The molecule has 8 nitrogen and oxygen atoms in total. The first-order valence-electron chi connectivity index (χ1n) is 14.9. The Hall–Kier alpha value is -4.28. The number of carboxylic acid groups (broad SMARTS) is 1. The van der Waals surface area contributed by atoms with Gasteiger partial charge in [-0.25, -0.2) is 14.8 Å². The van der Waals surface area contributed by atoms with Crippen molar-refractivity contribution in [2.24, 2.45) is 0 Å². The predicted octanol–water partition coefficient (Wildman–Crippen LogP) is 7.29. The van der Waals surface area contributed by atoms with Crippen LogP contribution in [0.1, 0.15) is 61.7 Å². The Morgan fingerprint density at radius 1 is 0.955 bits per heavy atom. The molecule has 6 rings (SSSR count). The zero-order chi connectivity index (χ0) is 30.6. The van der Waals surface area contributed by atoms with E-state index in [1.54, 1.807) is 0 Å². The number of hydrogen-bond donors (Lipinski definition) is 2. The quantitative estimate of drug-likeness (QED) is 0.149. The molecular weight excluding hydrogens is 591 g/mol. The monoisotopic (exact) mass is 625 g/mol. The molecule has 0 fully saturated rings. The van der Waals surface area contributed by atoms with E-state index in [1.165, 1.54) is 33.9 Å². The lowest BCUT2D eigenvalue weighted by Crippen LogP contribution is -2.32. The number of nitrogens with zero attached hydrogens (tertiary/aromatic N) is 4. The minimum Gasteiger partial charge on any atom is -0.476 e. The Bertz CT molecular complexity index is 1780. The molecule has 1 aliphatic rings. The summed E-state index contributed by atoms with van der Waals surface area (Å²) in [4.78, 5) is 39.7. The minimum absolute atomic E-state index is 0.149. The zero-order valence-corrected chi connectivity index (χ0v) is 26.5. The van der Waals surface area contributed by atoms with Gasteiger partial charge in [0, 0.05) is 43.3 Å². The molecule has 2 aromatic heterocycles. The standard InChI is InChI=1S/C34H35N5O3S2/c1-38(2)24-13-8-11-22(20-24)10-4-3-5-17-29-30(32(41)42)36-34(44-29)39-19-18-23-12-9-14-25(26(23)21-39)31(40)37-33-35-27-15-6-7-16-28(27)43-33/h6-9,11-16,20H,3-5,10,17-19,21H2,1-2H3,(H,41,42)(H,35,37,40). The Kier molecular flexibility index (Phi) is 8.90. The van der Waals surface area contributed by atoms with Crippen molar-refractivity contribution in [1.29, 1.82) is 0 Å². The number of hydrogen-bond acceptors (Lipinski definition) is 8. The normalized spacial score (nSPS) is 12.7. The summed E-state index contributed by atoms with van der Waals surface area (Å²) >= 11 is 2.92. The summed E-state index contributed by atoms with van der Waals surface area (Å²) in [6.45, 7) is 1.21. The molecule has 0 radical (unpaired) electrons. The van der Waals surface area contributed by atoms with Crippen LogP contribution in [-0.2, 0) is 25.8 Å². The van der Waals surface area contributed by atoms with Crippen molar-refractivity contribution in [3.63, 3.8) is 0 Å². The van der Waals surface area contributed by atoms with Crippen molar-refractivity contribution in [2.75, 3.05) is 35.8 Å². The van der Waals surface area contributed by atoms with Gasteiger partial charge in [-0.3, -0.25) is 10.1 Å². The maximum absolute atomic E-state index is 13.4. The number of aryl methyl sites for hydroxylation is 2. The third-order valence-corrected chi connectivity index (χ3v) is 10.1. The molecule has 1 aliphatic heterocycles. The summed E-state index contributed by atoms with van der Waals surface area (Å²) in [7, 11) is 4.10. The molecule has 0 atom stereocenters. The van der Waals surface area contributed by atoms with Crippen LogP contribution in [0.2, 0.25) is 0 Å². The van der Waals surface area contributed by atoms with Gasteiger partial charge in [-0.05, 0) is 79.1 Å². The number of para-hydroxylation sites is 1. The van der Waals surface area contributed by atoms with Gasteiger partial charge in [-0.15, -0.1) is 11.3 Å². The number of carboxylic acids is 1. The van der Waals surface area contributed by atoms with Gasteiger partial charge in [0.1, 0.15) is 0 Å². The number of aromatic carboxylic acids is 1. The third kappa shape index (κ3) is 6.61. The van der Waals surface area contributed by atoms with E-state index in [0.717, 1.165) is 58.3 Å². The second-order valence-electron chi connectivity index (χ2n) is 11.3. The molecule has 2 N–H and O–H groups in total. The van der Waals surface area contributed by atoms with Crippen LogP contribution in [0, 0.1) is 0 Å². The van der Waals surface area contributed by atoms with Crippen LogP contribution in [0.3, 0.4) is 0 Å². The van der Waals surface area contributed by atoms with Crippen molar-refractivity contribution in [3.8, 4) is 0 Å². The number of amides is 1. The number of nitrogens with one attached hydrogen (secondary N) is 1. The van der Waals surface area contributed by atoms with Crippen LogP contribution >= 0.6 is 22.7 Å². The topological polar surface area (TPSA) is 98.7 Å². The number of thiazole rings is 2. The second-order valence-corrected chi connectivity index (χ2v) is 13.3. The number of rotatable bonds is 11. The van der Waals surface area contributed by atoms with Gasteiger partial charge in [-0.1, -0.05) is 54.2 Å². The van der Waals surface area contributed by atoms with Crippen molar-refractivity contribution in [3.05, 3.63) is 99.6 Å². The number of fused-ring (bicyclic) bond motifs is 2. The van der Waals surface area contributed by atoms with Crippen molar-refractivity contribution >= 4 is 60.7 Å². The number of carbonyl (C=O) groups is 2. The van der Waals surface area contributed by atoms with Gasteiger partial charge in [0.25, 0.3) is 5.91 Å². The smallest absolute Gasteiger partial charge is 0.355 e. The summed E-state index contributed by atoms with van der Waals surface area (Å²) in [5, 5.41) is 14.2. The van der Waals surface area contributed by atoms with E-state index in [2.05, 4.69) is 55.4 Å². The van der Waals surface area contributed by atoms with E-state index < -0.39 is 5.97 Å². The van der Waals surface area contributed by atoms with Gasteiger partial charge < -0.3 is 14.9 Å². The first kappa shape index (κ1) is 29.8. The lowest BCUT2D eigenvalue weighted by atomic mass is 9.94. The highest BCUT2D eigenvalue weighted by atomic mass is 32.1. The third-order valence-electron chi connectivity index (χ3n) is 7.99. The SMILES string of the molecule is CN(C)c1cccc(CCCCCc2sc(N3CCc4cccc(C(=O)Nc5nc6ccccc6s5)c4C3)nc2C(=O)O)c1. The molecule has 0 aliphatic carbocycles. The lowest BCUT2D eigenvalue weighted by molar-refractivity contribution is 0.0690. The molecule has 0 unspecified atom stereocenters. The van der Waals surface area contributed by atoms with Crippen LogP contribution in [0.25, 0.3) is 10.2 Å². The summed E-state index contributed by atoms with van der Waals surface area (Å²) in [5.41, 5.74) is 6.22. The van der Waals surface area contributed by atoms with Crippen LogP contribution in [0.15, 0.2) is 66.7 Å². The van der Waals surface area contributed by atoms with E-state index in [0.29, 0.717) is 35.3 Å². The largest absolute Gasteiger partial charge is 0.476 e. The van der Waals surface area contributed by atoms with E-state index in [4.69, 9.17) is 0 Å². The lowest BCUT2D eigenvalue weighted by Gasteiger charge is -2.29. The molecule has 5 aromatic rings. The van der Waals surface area contributed by atoms with Gasteiger partial charge in [-0.2, -0.15) is 0 Å². The van der Waals surface area contributed by atoms with Crippen molar-refractivity contribution < 1.29 is 14.7 Å². The van der Waals surface area contributed by atoms with Gasteiger partial charge in [0.15, 0.2) is 16.0 Å². The molecule has 3 aromatic carbocycles. The van der Waals surface area contributed by atoms with E-state index in [1.807, 2.05) is 50.5 Å². The molecule has 0 bridgehead atoms. The molecule has 3 heterocycles. The first-order chi connectivity index (χ1) is 21.4. The average molecular weight is 626 g/mol. The predicted molar refractivity (Wildman–Crippen MR) is 180 cm³/mol. The van der Waals surface area contributed by atoms with Crippen LogP contribution in [-0.4, -0.2) is 47.6 Å².